The Balaban J connectivity index is 1.58. The molecule has 0 spiro atoms. The van der Waals surface area contributed by atoms with Crippen LogP contribution in [-0.4, -0.2) is 55.3 Å². The summed E-state index contributed by atoms with van der Waals surface area (Å²) in [6.07, 6.45) is 3.61. The number of likely N-dealkylation sites (tertiary alicyclic amines) is 1. The molecule has 7 heteroatoms. The number of rotatable bonds is 6. The van der Waals surface area contributed by atoms with Gasteiger partial charge in [-0.3, -0.25) is 4.79 Å². The summed E-state index contributed by atoms with van der Waals surface area (Å²) >= 11 is 0. The number of carbonyl (C=O) groups excluding carboxylic acids is 2. The average molecular weight is 361 g/mol. The van der Waals surface area contributed by atoms with Crippen LogP contribution in [0.1, 0.15) is 32.6 Å². The molecule has 2 saturated heterocycles. The van der Waals surface area contributed by atoms with Crippen molar-refractivity contribution in [3.8, 4) is 5.75 Å². The Morgan fingerprint density at radius 3 is 2.88 bits per heavy atom. The number of urea groups is 1. The van der Waals surface area contributed by atoms with Crippen LogP contribution in [0.3, 0.4) is 0 Å². The maximum atomic E-state index is 12.7. The quantitative estimate of drug-likeness (QED) is 0.815. The van der Waals surface area contributed by atoms with Crippen molar-refractivity contribution in [2.75, 3.05) is 31.6 Å². The van der Waals surface area contributed by atoms with Crippen molar-refractivity contribution in [2.24, 2.45) is 0 Å². The van der Waals surface area contributed by atoms with E-state index in [2.05, 4.69) is 10.6 Å². The zero-order chi connectivity index (χ0) is 18.4. The van der Waals surface area contributed by atoms with Crippen LogP contribution in [0.5, 0.6) is 5.75 Å². The number of hydrogen-bond acceptors (Lipinski definition) is 4. The largest absolute Gasteiger partial charge is 0.492 e. The average Bonchev–Trinajstić information content (AvgIpc) is 3.33. The lowest BCUT2D eigenvalue weighted by Gasteiger charge is -2.25. The first-order valence-corrected chi connectivity index (χ1v) is 9.37. The van der Waals surface area contributed by atoms with Crippen molar-refractivity contribution in [3.05, 3.63) is 24.3 Å². The van der Waals surface area contributed by atoms with Gasteiger partial charge in [0.15, 0.2) is 0 Å². The Bertz CT molecular complexity index is 631. The lowest BCUT2D eigenvalue weighted by molar-refractivity contribution is -0.125. The van der Waals surface area contributed by atoms with Gasteiger partial charge in [-0.25, -0.2) is 4.79 Å². The SMILES string of the molecule is CCOc1ccccc1NC(=O)N1CCCC1C(=O)NCC1CCCO1. The third kappa shape index (κ3) is 4.46. The van der Waals surface area contributed by atoms with Gasteiger partial charge in [0.25, 0.3) is 0 Å². The van der Waals surface area contributed by atoms with Crippen molar-refractivity contribution in [1.29, 1.82) is 0 Å². The summed E-state index contributed by atoms with van der Waals surface area (Å²) < 4.78 is 11.1. The minimum absolute atomic E-state index is 0.0979. The summed E-state index contributed by atoms with van der Waals surface area (Å²) in [4.78, 5) is 26.8. The summed E-state index contributed by atoms with van der Waals surface area (Å²) in [6.45, 7) is 4.26. The van der Waals surface area contributed by atoms with E-state index in [0.29, 0.717) is 37.6 Å². The van der Waals surface area contributed by atoms with E-state index in [1.165, 1.54) is 0 Å². The summed E-state index contributed by atoms with van der Waals surface area (Å²) in [5.41, 5.74) is 0.616. The summed E-state index contributed by atoms with van der Waals surface area (Å²) in [5, 5.41) is 5.81. The fraction of sp³-hybridized carbons (Fsp3) is 0.579. The molecule has 0 aromatic heterocycles. The fourth-order valence-electron chi connectivity index (χ4n) is 3.46. The molecule has 2 aliphatic rings. The monoisotopic (exact) mass is 361 g/mol. The molecule has 2 unspecified atom stereocenters. The van der Waals surface area contributed by atoms with Crippen LogP contribution in [-0.2, 0) is 9.53 Å². The van der Waals surface area contributed by atoms with E-state index in [-0.39, 0.29) is 18.0 Å². The fourth-order valence-corrected chi connectivity index (χ4v) is 3.46. The minimum atomic E-state index is -0.435. The molecule has 142 valence electrons. The number of carbonyl (C=O) groups is 2. The molecule has 1 aromatic rings. The number of ether oxygens (including phenoxy) is 2. The number of amides is 3. The summed E-state index contributed by atoms with van der Waals surface area (Å²) in [5.74, 6) is 0.521. The van der Waals surface area contributed by atoms with E-state index >= 15 is 0 Å². The maximum Gasteiger partial charge on any atom is 0.322 e. The highest BCUT2D eigenvalue weighted by atomic mass is 16.5. The molecule has 2 fully saturated rings. The van der Waals surface area contributed by atoms with Gasteiger partial charge >= 0.3 is 6.03 Å². The number of hydrogen-bond donors (Lipinski definition) is 2. The van der Waals surface area contributed by atoms with E-state index in [4.69, 9.17) is 9.47 Å². The third-order valence-corrected chi connectivity index (χ3v) is 4.77. The topological polar surface area (TPSA) is 79.9 Å². The molecule has 0 radical (unpaired) electrons. The Hall–Kier alpha value is -2.28. The predicted octanol–water partition coefficient (Wildman–Crippen LogP) is 2.38. The molecule has 3 rings (SSSR count). The molecule has 0 aliphatic carbocycles. The summed E-state index contributed by atoms with van der Waals surface area (Å²) in [6, 6.07) is 6.61. The number of nitrogens with zero attached hydrogens (tertiary/aromatic N) is 1. The molecule has 2 heterocycles. The van der Waals surface area contributed by atoms with Crippen LogP contribution in [0.4, 0.5) is 10.5 Å². The van der Waals surface area contributed by atoms with Crippen LogP contribution >= 0.6 is 0 Å². The predicted molar refractivity (Wildman–Crippen MR) is 98.3 cm³/mol. The van der Waals surface area contributed by atoms with Gasteiger partial charge < -0.3 is 25.0 Å². The minimum Gasteiger partial charge on any atom is -0.492 e. The van der Waals surface area contributed by atoms with Gasteiger partial charge in [0.05, 0.1) is 18.4 Å². The third-order valence-electron chi connectivity index (χ3n) is 4.77. The molecular formula is C19H27N3O4. The van der Waals surface area contributed by atoms with E-state index in [9.17, 15) is 9.59 Å². The van der Waals surface area contributed by atoms with Gasteiger partial charge in [-0.05, 0) is 44.7 Å². The smallest absolute Gasteiger partial charge is 0.322 e. The Morgan fingerprint density at radius 1 is 1.27 bits per heavy atom. The van der Waals surface area contributed by atoms with Gasteiger partial charge in [0.2, 0.25) is 5.91 Å². The lowest BCUT2D eigenvalue weighted by Crippen LogP contribution is -2.48. The Labute approximate surface area is 154 Å². The number of benzene rings is 1. The first kappa shape index (κ1) is 18.5. The van der Waals surface area contributed by atoms with Crippen molar-refractivity contribution < 1.29 is 19.1 Å². The van der Waals surface area contributed by atoms with Crippen molar-refractivity contribution in [2.45, 2.75) is 44.8 Å². The molecule has 26 heavy (non-hydrogen) atoms. The van der Waals surface area contributed by atoms with E-state index in [1.54, 1.807) is 11.0 Å². The van der Waals surface area contributed by atoms with Crippen LogP contribution in [0.25, 0.3) is 0 Å². The number of para-hydroxylation sites is 2. The highest BCUT2D eigenvalue weighted by molar-refractivity contribution is 5.95. The van der Waals surface area contributed by atoms with Gasteiger partial charge in [-0.2, -0.15) is 0 Å². The number of nitrogens with one attached hydrogen (secondary N) is 2. The van der Waals surface area contributed by atoms with Crippen molar-refractivity contribution in [3.63, 3.8) is 0 Å². The van der Waals surface area contributed by atoms with E-state index in [0.717, 1.165) is 25.9 Å². The molecule has 7 nitrogen and oxygen atoms in total. The van der Waals surface area contributed by atoms with Gasteiger partial charge in [-0.15, -0.1) is 0 Å². The van der Waals surface area contributed by atoms with Crippen LogP contribution in [0, 0.1) is 0 Å². The molecule has 3 amide bonds. The standard InChI is InChI=1S/C19H27N3O4/c1-2-25-17-10-4-3-8-15(17)21-19(24)22-11-5-9-16(22)18(23)20-13-14-7-6-12-26-14/h3-4,8,10,14,16H,2,5-7,9,11-13H2,1H3,(H,20,23)(H,21,24). The lowest BCUT2D eigenvalue weighted by atomic mass is 10.2. The molecule has 2 N–H and O–H groups in total. The molecule has 0 saturated carbocycles. The Kier molecular flexibility index (Phi) is 6.33. The molecular weight excluding hydrogens is 334 g/mol. The van der Waals surface area contributed by atoms with E-state index < -0.39 is 6.04 Å². The molecule has 2 atom stereocenters. The van der Waals surface area contributed by atoms with E-state index in [1.807, 2.05) is 25.1 Å². The second-order valence-corrected chi connectivity index (χ2v) is 6.59. The molecule has 1 aromatic carbocycles. The maximum absolute atomic E-state index is 12.7. The van der Waals surface area contributed by atoms with Crippen LogP contribution in [0.2, 0.25) is 0 Å². The van der Waals surface area contributed by atoms with Crippen LogP contribution in [0.15, 0.2) is 24.3 Å². The second kappa shape index (κ2) is 8.89. The van der Waals surface area contributed by atoms with Crippen LogP contribution < -0.4 is 15.4 Å². The number of anilines is 1. The molecule has 2 aliphatic heterocycles. The second-order valence-electron chi connectivity index (χ2n) is 6.59. The zero-order valence-electron chi connectivity index (χ0n) is 15.2. The van der Waals surface area contributed by atoms with Gasteiger partial charge in [0, 0.05) is 19.7 Å². The van der Waals surface area contributed by atoms with Gasteiger partial charge in [-0.1, -0.05) is 12.1 Å². The van der Waals surface area contributed by atoms with Crippen molar-refractivity contribution >= 4 is 17.6 Å². The Morgan fingerprint density at radius 2 is 2.12 bits per heavy atom. The highest BCUT2D eigenvalue weighted by Crippen LogP contribution is 2.26. The summed E-state index contributed by atoms with van der Waals surface area (Å²) in [7, 11) is 0. The normalized spacial score (nSPS) is 22.3. The zero-order valence-corrected chi connectivity index (χ0v) is 15.2. The first-order valence-electron chi connectivity index (χ1n) is 9.37. The highest BCUT2D eigenvalue weighted by Gasteiger charge is 2.34. The van der Waals surface area contributed by atoms with Crippen molar-refractivity contribution in [1.82, 2.24) is 10.2 Å². The van der Waals surface area contributed by atoms with Gasteiger partial charge in [0.1, 0.15) is 11.8 Å². The molecule has 0 bridgehead atoms. The first-order chi connectivity index (χ1) is 12.7.